The van der Waals surface area contributed by atoms with Gasteiger partial charge in [0.05, 0.1) is 12.6 Å². The number of rotatable bonds is 4. The normalized spacial score (nSPS) is 25.5. The van der Waals surface area contributed by atoms with Crippen molar-refractivity contribution >= 4 is 17.2 Å². The van der Waals surface area contributed by atoms with E-state index in [0.717, 1.165) is 26.1 Å². The molecule has 2 saturated heterocycles. The van der Waals surface area contributed by atoms with Crippen molar-refractivity contribution in [3.05, 3.63) is 22.4 Å². The van der Waals surface area contributed by atoms with Crippen molar-refractivity contribution in [2.24, 2.45) is 0 Å². The Morgan fingerprint density at radius 3 is 2.73 bits per heavy atom. The number of nitrogens with one attached hydrogen (secondary N) is 1. The molecule has 3 heterocycles. The fourth-order valence-corrected chi connectivity index (χ4v) is 3.72. The Kier molecular flexibility index (Phi) is 4.75. The van der Waals surface area contributed by atoms with Crippen molar-refractivity contribution in [3.8, 4) is 0 Å². The van der Waals surface area contributed by atoms with Gasteiger partial charge in [0.25, 0.3) is 5.92 Å². The summed E-state index contributed by atoms with van der Waals surface area (Å²) in [7, 11) is 0. The van der Waals surface area contributed by atoms with Crippen LogP contribution < -0.4 is 5.32 Å². The number of alkyl halides is 2. The van der Waals surface area contributed by atoms with Crippen LogP contribution in [0.25, 0.3) is 0 Å². The number of piperazine rings is 1. The molecule has 0 aromatic carbocycles. The van der Waals surface area contributed by atoms with Crippen LogP contribution in [0, 0.1) is 0 Å². The summed E-state index contributed by atoms with van der Waals surface area (Å²) >= 11 is 1.76. The molecule has 1 N–H and O–H groups in total. The predicted molar refractivity (Wildman–Crippen MR) is 82.4 cm³/mol. The summed E-state index contributed by atoms with van der Waals surface area (Å²) < 4.78 is 26.4. The predicted octanol–water partition coefficient (Wildman–Crippen LogP) is 1.43. The summed E-state index contributed by atoms with van der Waals surface area (Å²) in [4.78, 5) is 17.7. The van der Waals surface area contributed by atoms with Gasteiger partial charge in [0, 0.05) is 44.0 Å². The van der Waals surface area contributed by atoms with Gasteiger partial charge in [-0.2, -0.15) is 0 Å². The molecule has 2 fully saturated rings. The van der Waals surface area contributed by atoms with Crippen molar-refractivity contribution in [1.29, 1.82) is 0 Å². The van der Waals surface area contributed by atoms with Gasteiger partial charge in [0.1, 0.15) is 0 Å². The zero-order valence-electron chi connectivity index (χ0n) is 12.4. The van der Waals surface area contributed by atoms with E-state index >= 15 is 0 Å². The molecule has 1 aromatic rings. The summed E-state index contributed by atoms with van der Waals surface area (Å²) in [5.41, 5.74) is 0. The summed E-state index contributed by atoms with van der Waals surface area (Å²) in [6.45, 7) is 3.51. The number of amides is 1. The molecule has 1 amide bonds. The molecule has 1 unspecified atom stereocenters. The maximum absolute atomic E-state index is 13.2. The third-order valence-electron chi connectivity index (χ3n) is 4.35. The molecule has 0 spiro atoms. The lowest BCUT2D eigenvalue weighted by atomic mass is 10.1. The molecular formula is C15H21F2N3OS. The van der Waals surface area contributed by atoms with Crippen molar-refractivity contribution in [2.45, 2.75) is 24.8 Å². The third-order valence-corrected chi connectivity index (χ3v) is 5.28. The van der Waals surface area contributed by atoms with E-state index < -0.39 is 12.0 Å². The van der Waals surface area contributed by atoms with Gasteiger partial charge in [-0.1, -0.05) is 6.07 Å². The summed E-state index contributed by atoms with van der Waals surface area (Å²) in [6, 6.07) is 3.48. The van der Waals surface area contributed by atoms with Crippen LogP contribution in [0.15, 0.2) is 17.5 Å². The number of hydrogen-bond acceptors (Lipinski definition) is 4. The van der Waals surface area contributed by atoms with E-state index in [0.29, 0.717) is 13.1 Å². The van der Waals surface area contributed by atoms with Crippen LogP contribution in [-0.4, -0.2) is 66.9 Å². The van der Waals surface area contributed by atoms with E-state index in [1.165, 1.54) is 4.88 Å². The standard InChI is InChI=1S/C15H21F2N3OS/c16-15(17)10-13(18-11-15)14(21)20-7-5-19(6-8-20)4-3-12-2-1-9-22-12/h1-2,9,13,18H,3-8,10-11H2. The van der Waals surface area contributed by atoms with Gasteiger partial charge in [0.2, 0.25) is 5.91 Å². The fraction of sp³-hybridized carbons (Fsp3) is 0.667. The Morgan fingerprint density at radius 2 is 2.14 bits per heavy atom. The molecule has 22 heavy (non-hydrogen) atoms. The first kappa shape index (κ1) is 15.8. The van der Waals surface area contributed by atoms with Gasteiger partial charge in [-0.15, -0.1) is 11.3 Å². The number of nitrogens with zero attached hydrogens (tertiary/aromatic N) is 2. The van der Waals surface area contributed by atoms with Crippen LogP contribution in [0.1, 0.15) is 11.3 Å². The minimum atomic E-state index is -2.75. The second kappa shape index (κ2) is 6.60. The van der Waals surface area contributed by atoms with E-state index in [1.807, 2.05) is 0 Å². The molecule has 122 valence electrons. The van der Waals surface area contributed by atoms with Gasteiger partial charge >= 0.3 is 0 Å². The van der Waals surface area contributed by atoms with E-state index in [2.05, 4.69) is 27.7 Å². The summed E-state index contributed by atoms with van der Waals surface area (Å²) in [6.07, 6.45) is 0.659. The van der Waals surface area contributed by atoms with Gasteiger partial charge in [0.15, 0.2) is 0 Å². The molecule has 0 aliphatic carbocycles. The first-order valence-electron chi connectivity index (χ1n) is 7.68. The monoisotopic (exact) mass is 329 g/mol. The lowest BCUT2D eigenvalue weighted by Gasteiger charge is -2.35. The molecule has 1 aromatic heterocycles. The molecule has 1 atom stereocenters. The molecule has 3 rings (SSSR count). The quantitative estimate of drug-likeness (QED) is 0.908. The number of carbonyl (C=O) groups is 1. The first-order chi connectivity index (χ1) is 10.5. The molecular weight excluding hydrogens is 308 g/mol. The smallest absolute Gasteiger partial charge is 0.262 e. The SMILES string of the molecule is O=C(C1CC(F)(F)CN1)N1CCN(CCc2cccs2)CC1. The largest absolute Gasteiger partial charge is 0.339 e. The van der Waals surface area contributed by atoms with E-state index in [1.54, 1.807) is 16.2 Å². The molecule has 2 aliphatic heterocycles. The molecule has 4 nitrogen and oxygen atoms in total. The summed E-state index contributed by atoms with van der Waals surface area (Å²) in [5.74, 6) is -2.92. The lowest BCUT2D eigenvalue weighted by Crippen LogP contribution is -2.53. The number of hydrogen-bond donors (Lipinski definition) is 1. The van der Waals surface area contributed by atoms with Crippen LogP contribution in [0.3, 0.4) is 0 Å². The fourth-order valence-electron chi connectivity index (χ4n) is 3.03. The topological polar surface area (TPSA) is 35.6 Å². The van der Waals surface area contributed by atoms with Crippen LogP contribution in [-0.2, 0) is 11.2 Å². The molecule has 2 aliphatic rings. The Morgan fingerprint density at radius 1 is 1.36 bits per heavy atom. The number of halogens is 2. The molecule has 0 radical (unpaired) electrons. The summed E-state index contributed by atoms with van der Waals surface area (Å²) in [5, 5.41) is 4.73. The number of carbonyl (C=O) groups excluding carboxylic acids is 1. The molecule has 7 heteroatoms. The van der Waals surface area contributed by atoms with Gasteiger partial charge in [-0.25, -0.2) is 8.78 Å². The highest BCUT2D eigenvalue weighted by Crippen LogP contribution is 2.26. The third kappa shape index (κ3) is 3.83. The zero-order valence-corrected chi connectivity index (χ0v) is 13.2. The maximum atomic E-state index is 13.2. The van der Waals surface area contributed by atoms with Gasteiger partial charge in [-0.05, 0) is 17.9 Å². The first-order valence-corrected chi connectivity index (χ1v) is 8.56. The number of thiophene rings is 1. The van der Waals surface area contributed by atoms with Crippen LogP contribution in [0.5, 0.6) is 0 Å². The maximum Gasteiger partial charge on any atom is 0.262 e. The highest BCUT2D eigenvalue weighted by atomic mass is 32.1. The van der Waals surface area contributed by atoms with Gasteiger partial charge < -0.3 is 4.90 Å². The van der Waals surface area contributed by atoms with E-state index in [-0.39, 0.29) is 18.9 Å². The Balaban J connectivity index is 1.42. The highest BCUT2D eigenvalue weighted by Gasteiger charge is 2.43. The second-order valence-corrected chi connectivity index (χ2v) is 7.02. The van der Waals surface area contributed by atoms with Crippen molar-refractivity contribution in [3.63, 3.8) is 0 Å². The van der Waals surface area contributed by atoms with E-state index in [4.69, 9.17) is 0 Å². The average Bonchev–Trinajstić information content (AvgIpc) is 3.14. The Bertz CT molecular complexity index is 501. The van der Waals surface area contributed by atoms with Crippen LogP contribution >= 0.6 is 11.3 Å². The minimum Gasteiger partial charge on any atom is -0.339 e. The minimum absolute atomic E-state index is 0.171. The Hall–Kier alpha value is -1.05. The average molecular weight is 329 g/mol. The van der Waals surface area contributed by atoms with Crippen molar-refractivity contribution in [2.75, 3.05) is 39.3 Å². The van der Waals surface area contributed by atoms with Crippen molar-refractivity contribution in [1.82, 2.24) is 15.1 Å². The Labute approximate surface area is 133 Å². The highest BCUT2D eigenvalue weighted by molar-refractivity contribution is 7.09. The van der Waals surface area contributed by atoms with Crippen LogP contribution in [0.4, 0.5) is 8.78 Å². The molecule has 0 saturated carbocycles. The van der Waals surface area contributed by atoms with Crippen molar-refractivity contribution < 1.29 is 13.6 Å². The zero-order chi connectivity index (χ0) is 15.6. The van der Waals surface area contributed by atoms with Crippen LogP contribution in [0.2, 0.25) is 0 Å². The molecule has 0 bridgehead atoms. The van der Waals surface area contributed by atoms with E-state index in [9.17, 15) is 13.6 Å². The van der Waals surface area contributed by atoms with Gasteiger partial charge in [-0.3, -0.25) is 15.0 Å². The lowest BCUT2D eigenvalue weighted by molar-refractivity contribution is -0.135. The second-order valence-electron chi connectivity index (χ2n) is 5.99.